The molecule has 6 heteroatoms. The number of anilines is 2. The van der Waals surface area contributed by atoms with E-state index in [9.17, 15) is 0 Å². The monoisotopic (exact) mass is 324 g/mol. The number of aromatic nitrogens is 4. The zero-order valence-electron chi connectivity index (χ0n) is 14.0. The van der Waals surface area contributed by atoms with Gasteiger partial charge in [0, 0.05) is 26.2 Å². The molecule has 126 valence electrons. The first kappa shape index (κ1) is 15.3. The fraction of sp³-hybridized carbons (Fsp3) is 0.556. The third-order valence-corrected chi connectivity index (χ3v) is 5.06. The molecular weight excluding hydrogens is 300 g/mol. The quantitative estimate of drug-likeness (QED) is 0.860. The molecule has 0 bridgehead atoms. The Labute approximate surface area is 142 Å². The summed E-state index contributed by atoms with van der Waals surface area (Å²) in [4.78, 5) is 13.0. The van der Waals surface area contributed by atoms with Crippen molar-refractivity contribution < 1.29 is 0 Å². The fourth-order valence-corrected chi connectivity index (χ4v) is 3.79. The number of nitrogens with zero attached hydrogens (tertiary/aromatic N) is 6. The highest BCUT2D eigenvalue weighted by Crippen LogP contribution is 2.24. The van der Waals surface area contributed by atoms with E-state index < -0.39 is 0 Å². The molecule has 4 rings (SSSR count). The summed E-state index contributed by atoms with van der Waals surface area (Å²) in [5.41, 5.74) is 2.23. The van der Waals surface area contributed by atoms with E-state index in [1.54, 1.807) is 6.33 Å². The van der Waals surface area contributed by atoms with E-state index in [4.69, 9.17) is 0 Å². The maximum Gasteiger partial charge on any atom is 0.151 e. The summed E-state index contributed by atoms with van der Waals surface area (Å²) in [6.45, 7) is 4.36. The van der Waals surface area contributed by atoms with E-state index in [1.807, 2.05) is 12.4 Å². The van der Waals surface area contributed by atoms with Crippen LogP contribution >= 0.6 is 0 Å². The molecule has 2 aromatic heterocycles. The van der Waals surface area contributed by atoms with Crippen molar-refractivity contribution in [3.8, 4) is 0 Å². The van der Waals surface area contributed by atoms with Gasteiger partial charge in [-0.1, -0.05) is 0 Å². The van der Waals surface area contributed by atoms with Gasteiger partial charge in [-0.3, -0.25) is 0 Å². The number of piperidine rings is 1. The first-order chi connectivity index (χ1) is 11.9. The Hall–Kier alpha value is -2.24. The van der Waals surface area contributed by atoms with E-state index >= 15 is 0 Å². The highest BCUT2D eigenvalue weighted by Gasteiger charge is 2.21. The van der Waals surface area contributed by atoms with Crippen LogP contribution in [0, 0.1) is 5.92 Å². The van der Waals surface area contributed by atoms with Crippen molar-refractivity contribution in [2.45, 2.75) is 32.1 Å². The molecule has 2 aromatic rings. The van der Waals surface area contributed by atoms with Crippen molar-refractivity contribution in [2.24, 2.45) is 5.92 Å². The maximum absolute atomic E-state index is 4.48. The minimum Gasteiger partial charge on any atom is -0.369 e. The molecule has 2 aliphatic rings. The van der Waals surface area contributed by atoms with Crippen LogP contribution in [-0.2, 0) is 6.42 Å². The molecule has 2 fully saturated rings. The van der Waals surface area contributed by atoms with Gasteiger partial charge in [0.1, 0.15) is 6.33 Å². The van der Waals surface area contributed by atoms with Crippen LogP contribution in [-0.4, -0.2) is 46.3 Å². The van der Waals surface area contributed by atoms with Gasteiger partial charge in [0.25, 0.3) is 0 Å². The topological polar surface area (TPSA) is 58.0 Å². The lowest BCUT2D eigenvalue weighted by molar-refractivity contribution is 0.408. The molecule has 4 heterocycles. The molecular formula is C18H24N6. The predicted octanol–water partition coefficient (Wildman–Crippen LogP) is 2.33. The van der Waals surface area contributed by atoms with Crippen LogP contribution in [0.3, 0.4) is 0 Å². The average molecular weight is 324 g/mol. The highest BCUT2D eigenvalue weighted by molar-refractivity contribution is 5.42. The number of rotatable bonds is 4. The Morgan fingerprint density at radius 3 is 2.46 bits per heavy atom. The zero-order valence-corrected chi connectivity index (χ0v) is 14.0. The minimum atomic E-state index is 0.617. The Kier molecular flexibility index (Phi) is 4.53. The van der Waals surface area contributed by atoms with E-state index in [2.05, 4.69) is 42.1 Å². The van der Waals surface area contributed by atoms with Crippen LogP contribution in [0.1, 0.15) is 31.4 Å². The van der Waals surface area contributed by atoms with E-state index in [-0.39, 0.29) is 0 Å². The van der Waals surface area contributed by atoms with Gasteiger partial charge in [-0.15, -0.1) is 5.10 Å². The summed E-state index contributed by atoms with van der Waals surface area (Å²) in [5.74, 6) is 1.65. The molecule has 2 saturated heterocycles. The van der Waals surface area contributed by atoms with Gasteiger partial charge in [-0.25, -0.2) is 9.97 Å². The maximum atomic E-state index is 4.48. The van der Waals surface area contributed by atoms with Gasteiger partial charge < -0.3 is 9.80 Å². The van der Waals surface area contributed by atoms with Crippen molar-refractivity contribution in [1.82, 2.24) is 20.2 Å². The molecule has 0 aliphatic carbocycles. The van der Waals surface area contributed by atoms with Crippen molar-refractivity contribution in [3.05, 3.63) is 36.5 Å². The highest BCUT2D eigenvalue weighted by atomic mass is 15.3. The van der Waals surface area contributed by atoms with Crippen LogP contribution in [0.4, 0.5) is 11.5 Å². The summed E-state index contributed by atoms with van der Waals surface area (Å²) in [6, 6.07) is 4.30. The van der Waals surface area contributed by atoms with Crippen LogP contribution in [0.5, 0.6) is 0 Å². The molecule has 0 aromatic carbocycles. The Morgan fingerprint density at radius 2 is 1.71 bits per heavy atom. The second-order valence-electron chi connectivity index (χ2n) is 6.83. The molecule has 0 amide bonds. The first-order valence-corrected chi connectivity index (χ1v) is 8.96. The molecule has 1 atom stereocenters. The Morgan fingerprint density at radius 1 is 0.917 bits per heavy atom. The van der Waals surface area contributed by atoms with Crippen LogP contribution in [0.15, 0.2) is 30.9 Å². The summed E-state index contributed by atoms with van der Waals surface area (Å²) >= 11 is 0. The lowest BCUT2D eigenvalue weighted by atomic mass is 9.93. The van der Waals surface area contributed by atoms with Crippen molar-refractivity contribution in [3.63, 3.8) is 0 Å². The number of hydrogen-bond donors (Lipinski definition) is 0. The summed E-state index contributed by atoms with van der Waals surface area (Å²) in [5, 5.41) is 8.93. The normalized spacial score (nSPS) is 21.2. The SMILES string of the molecule is c1ncc(N2CCC[C@H](Cc3ccc(N4CCCC4)nn3)C2)cn1. The van der Waals surface area contributed by atoms with E-state index in [1.165, 1.54) is 25.7 Å². The Bertz CT molecular complexity index is 638. The fourth-order valence-electron chi connectivity index (χ4n) is 3.79. The summed E-state index contributed by atoms with van der Waals surface area (Å²) < 4.78 is 0. The largest absolute Gasteiger partial charge is 0.369 e. The molecule has 0 unspecified atom stereocenters. The molecule has 24 heavy (non-hydrogen) atoms. The average Bonchev–Trinajstić information content (AvgIpc) is 3.18. The lowest BCUT2D eigenvalue weighted by Gasteiger charge is -2.33. The number of hydrogen-bond acceptors (Lipinski definition) is 6. The van der Waals surface area contributed by atoms with Gasteiger partial charge in [-0.05, 0) is 50.2 Å². The van der Waals surface area contributed by atoms with Gasteiger partial charge in [-0.2, -0.15) is 5.10 Å². The molecule has 0 radical (unpaired) electrons. The Balaban J connectivity index is 1.37. The van der Waals surface area contributed by atoms with Crippen molar-refractivity contribution in [2.75, 3.05) is 36.0 Å². The molecule has 0 N–H and O–H groups in total. The smallest absolute Gasteiger partial charge is 0.151 e. The summed E-state index contributed by atoms with van der Waals surface area (Å²) in [7, 11) is 0. The van der Waals surface area contributed by atoms with Gasteiger partial charge in [0.05, 0.1) is 23.8 Å². The molecule has 0 saturated carbocycles. The standard InChI is InChI=1S/C18H24N6/c1-2-8-23(7-1)18-6-5-16(21-22-18)10-15-4-3-9-24(13-15)17-11-19-14-20-12-17/h5-6,11-12,14-15H,1-4,7-10,13H2/t15-/m1/s1. The van der Waals surface area contributed by atoms with Crippen LogP contribution in [0.25, 0.3) is 0 Å². The second kappa shape index (κ2) is 7.11. The second-order valence-corrected chi connectivity index (χ2v) is 6.83. The van der Waals surface area contributed by atoms with Crippen LogP contribution < -0.4 is 9.80 Å². The van der Waals surface area contributed by atoms with Crippen molar-refractivity contribution >= 4 is 11.5 Å². The third-order valence-electron chi connectivity index (χ3n) is 5.06. The van der Waals surface area contributed by atoms with Gasteiger partial charge in [0.15, 0.2) is 5.82 Å². The summed E-state index contributed by atoms with van der Waals surface area (Å²) in [6.07, 6.45) is 11.4. The predicted molar refractivity (Wildman–Crippen MR) is 94.2 cm³/mol. The van der Waals surface area contributed by atoms with E-state index in [0.29, 0.717) is 5.92 Å². The first-order valence-electron chi connectivity index (χ1n) is 8.96. The molecule has 6 nitrogen and oxygen atoms in total. The van der Waals surface area contributed by atoms with E-state index in [0.717, 1.165) is 49.8 Å². The minimum absolute atomic E-state index is 0.617. The van der Waals surface area contributed by atoms with Crippen molar-refractivity contribution in [1.29, 1.82) is 0 Å². The van der Waals surface area contributed by atoms with Gasteiger partial charge in [0.2, 0.25) is 0 Å². The molecule has 2 aliphatic heterocycles. The molecule has 0 spiro atoms. The third kappa shape index (κ3) is 3.47. The lowest BCUT2D eigenvalue weighted by Crippen LogP contribution is -2.36. The zero-order chi connectivity index (χ0) is 16.2. The van der Waals surface area contributed by atoms with Crippen LogP contribution in [0.2, 0.25) is 0 Å². The van der Waals surface area contributed by atoms with Gasteiger partial charge >= 0.3 is 0 Å².